The molecule has 0 aliphatic heterocycles. The Hall–Kier alpha value is -1.35. The average Bonchev–Trinajstić information content (AvgIpc) is 2.67. The van der Waals surface area contributed by atoms with Crippen LogP contribution in [0.3, 0.4) is 0 Å². The Morgan fingerprint density at radius 2 is 2.05 bits per heavy atom. The summed E-state index contributed by atoms with van der Waals surface area (Å²) in [5.74, 6) is -1.66. The Bertz CT molecular complexity index is 480. The van der Waals surface area contributed by atoms with E-state index >= 15 is 0 Å². The summed E-state index contributed by atoms with van der Waals surface area (Å²) in [6.45, 7) is 6.66. The Morgan fingerprint density at radius 1 is 1.45 bits per heavy atom. The van der Waals surface area contributed by atoms with Crippen LogP contribution in [0.2, 0.25) is 25.7 Å². The lowest BCUT2D eigenvalue weighted by atomic mass is 10.2. The second kappa shape index (κ2) is 5.96. The van der Waals surface area contributed by atoms with E-state index in [4.69, 9.17) is 9.84 Å². The van der Waals surface area contributed by atoms with Crippen molar-refractivity contribution in [3.8, 4) is 0 Å². The van der Waals surface area contributed by atoms with Crippen molar-refractivity contribution >= 4 is 14.0 Å². The van der Waals surface area contributed by atoms with Crippen molar-refractivity contribution in [2.45, 2.75) is 38.6 Å². The molecule has 0 aromatic carbocycles. The number of aromatic nitrogens is 2. The molecule has 0 saturated heterocycles. The molecule has 1 aromatic rings. The second-order valence-corrected chi connectivity index (χ2v) is 11.2. The van der Waals surface area contributed by atoms with Gasteiger partial charge in [0.15, 0.2) is 5.69 Å². The second-order valence-electron chi connectivity index (χ2n) is 5.58. The monoisotopic (exact) mass is 310 g/mol. The number of carboxylic acids is 1. The lowest BCUT2D eigenvalue weighted by Gasteiger charge is -2.15. The molecule has 9 heteroatoms. The maximum atomic E-state index is 12.6. The van der Waals surface area contributed by atoms with Crippen molar-refractivity contribution in [1.29, 1.82) is 0 Å². The van der Waals surface area contributed by atoms with E-state index < -0.39 is 31.5 Å². The Balaban J connectivity index is 2.71. The molecular formula is C11H17F3N2O3Si. The number of alkyl halides is 3. The quantitative estimate of drug-likeness (QED) is 0.648. The molecule has 1 N–H and O–H groups in total. The van der Waals surface area contributed by atoms with Crippen LogP contribution in [0.1, 0.15) is 16.1 Å². The molecule has 0 aliphatic carbocycles. The highest BCUT2D eigenvalue weighted by atomic mass is 28.3. The van der Waals surface area contributed by atoms with Crippen LogP contribution < -0.4 is 0 Å². The number of aromatic carboxylic acids is 1. The Kier molecular flexibility index (Phi) is 4.98. The SMILES string of the molecule is C[Si](C)(C)CCOCn1cc(C(=O)O)c(C(F)(F)F)n1. The van der Waals surface area contributed by atoms with Crippen LogP contribution in [0.5, 0.6) is 0 Å². The van der Waals surface area contributed by atoms with E-state index in [1.54, 1.807) is 0 Å². The largest absolute Gasteiger partial charge is 0.478 e. The van der Waals surface area contributed by atoms with Gasteiger partial charge in [0.1, 0.15) is 12.3 Å². The van der Waals surface area contributed by atoms with Crippen LogP contribution in [-0.4, -0.2) is 35.5 Å². The highest BCUT2D eigenvalue weighted by Gasteiger charge is 2.39. The summed E-state index contributed by atoms with van der Waals surface area (Å²) in [6.07, 6.45) is -3.96. The number of hydrogen-bond donors (Lipinski definition) is 1. The standard InChI is InChI=1S/C11H17F3N2O3Si/c1-20(2,3)5-4-19-7-16-6-8(10(17)18)9(15-16)11(12,13)14/h6H,4-5,7H2,1-3H3,(H,17,18). The maximum absolute atomic E-state index is 12.6. The first kappa shape index (κ1) is 16.7. The molecule has 0 fully saturated rings. The molecule has 0 amide bonds. The molecule has 1 rings (SSSR count). The molecule has 20 heavy (non-hydrogen) atoms. The van der Waals surface area contributed by atoms with Gasteiger partial charge in [-0.1, -0.05) is 19.6 Å². The summed E-state index contributed by atoms with van der Waals surface area (Å²) >= 11 is 0. The molecule has 114 valence electrons. The fourth-order valence-electron chi connectivity index (χ4n) is 1.39. The molecule has 1 heterocycles. The molecular weight excluding hydrogens is 293 g/mol. The normalized spacial score (nSPS) is 12.7. The summed E-state index contributed by atoms with van der Waals surface area (Å²) in [5, 5.41) is 12.0. The molecule has 1 aromatic heterocycles. The molecule has 0 unspecified atom stereocenters. The van der Waals surface area contributed by atoms with Crippen molar-refractivity contribution < 1.29 is 27.8 Å². The predicted octanol–water partition coefficient (Wildman–Crippen LogP) is 2.91. The number of carboxylic acid groups (broad SMARTS) is 1. The van der Waals surface area contributed by atoms with Crippen molar-refractivity contribution in [2.75, 3.05) is 6.61 Å². The van der Waals surface area contributed by atoms with Gasteiger partial charge >= 0.3 is 12.1 Å². The molecule has 0 radical (unpaired) electrons. The lowest BCUT2D eigenvalue weighted by molar-refractivity contribution is -0.142. The number of halogens is 3. The van der Waals surface area contributed by atoms with Crippen LogP contribution in [0.4, 0.5) is 13.2 Å². The fourth-order valence-corrected chi connectivity index (χ4v) is 2.15. The van der Waals surface area contributed by atoms with Crippen LogP contribution in [0, 0.1) is 0 Å². The number of ether oxygens (including phenoxy) is 1. The molecule has 5 nitrogen and oxygen atoms in total. The van der Waals surface area contributed by atoms with Crippen molar-refractivity contribution in [3.63, 3.8) is 0 Å². The van der Waals surface area contributed by atoms with Gasteiger partial charge < -0.3 is 9.84 Å². The first-order chi connectivity index (χ1) is 9.00. The van der Waals surface area contributed by atoms with Gasteiger partial charge in [0, 0.05) is 20.9 Å². The van der Waals surface area contributed by atoms with E-state index in [1.807, 2.05) is 0 Å². The number of rotatable bonds is 6. The van der Waals surface area contributed by atoms with E-state index in [2.05, 4.69) is 24.7 Å². The predicted molar refractivity (Wildman–Crippen MR) is 68.3 cm³/mol. The van der Waals surface area contributed by atoms with E-state index in [0.29, 0.717) is 6.61 Å². The summed E-state index contributed by atoms with van der Waals surface area (Å²) in [4.78, 5) is 10.8. The minimum absolute atomic E-state index is 0.194. The zero-order valence-corrected chi connectivity index (χ0v) is 12.5. The van der Waals surface area contributed by atoms with Gasteiger partial charge in [0.25, 0.3) is 0 Å². The highest BCUT2D eigenvalue weighted by molar-refractivity contribution is 6.76. The zero-order valence-electron chi connectivity index (χ0n) is 11.5. The third kappa shape index (κ3) is 4.97. The van der Waals surface area contributed by atoms with Gasteiger partial charge in [0.05, 0.1) is 0 Å². The molecule has 0 atom stereocenters. The minimum Gasteiger partial charge on any atom is -0.478 e. The summed E-state index contributed by atoms with van der Waals surface area (Å²) in [7, 11) is -1.28. The van der Waals surface area contributed by atoms with Crippen LogP contribution in [0.15, 0.2) is 6.20 Å². The first-order valence-electron chi connectivity index (χ1n) is 5.96. The van der Waals surface area contributed by atoms with Crippen LogP contribution >= 0.6 is 0 Å². The van der Waals surface area contributed by atoms with Gasteiger partial charge in [-0.25, -0.2) is 9.48 Å². The van der Waals surface area contributed by atoms with Crippen molar-refractivity contribution in [2.24, 2.45) is 0 Å². The zero-order chi connectivity index (χ0) is 15.6. The first-order valence-corrected chi connectivity index (χ1v) is 9.67. The molecule has 0 spiro atoms. The molecule has 0 saturated carbocycles. The van der Waals surface area contributed by atoms with Gasteiger partial charge in [-0.05, 0) is 6.04 Å². The van der Waals surface area contributed by atoms with Gasteiger partial charge in [-0.3, -0.25) is 0 Å². The highest BCUT2D eigenvalue weighted by Crippen LogP contribution is 2.30. The summed E-state index contributed by atoms with van der Waals surface area (Å²) < 4.78 is 43.9. The maximum Gasteiger partial charge on any atom is 0.436 e. The van der Waals surface area contributed by atoms with Gasteiger partial charge in [-0.2, -0.15) is 18.3 Å². The lowest BCUT2D eigenvalue weighted by Crippen LogP contribution is -2.22. The smallest absolute Gasteiger partial charge is 0.436 e. The molecule has 0 aliphatic rings. The third-order valence-corrected chi connectivity index (χ3v) is 4.18. The van der Waals surface area contributed by atoms with E-state index in [1.165, 1.54) is 0 Å². The van der Waals surface area contributed by atoms with Crippen LogP contribution in [0.25, 0.3) is 0 Å². The number of nitrogens with zero attached hydrogens (tertiary/aromatic N) is 2. The Labute approximate surface area is 115 Å². The Morgan fingerprint density at radius 3 is 2.45 bits per heavy atom. The van der Waals surface area contributed by atoms with E-state index in [0.717, 1.165) is 16.9 Å². The molecule has 0 bridgehead atoms. The third-order valence-electron chi connectivity index (χ3n) is 2.48. The van der Waals surface area contributed by atoms with Crippen molar-refractivity contribution in [1.82, 2.24) is 9.78 Å². The van der Waals surface area contributed by atoms with Crippen LogP contribution in [-0.2, 0) is 17.6 Å². The summed E-state index contributed by atoms with van der Waals surface area (Å²) in [5.41, 5.74) is -2.27. The number of hydrogen-bond acceptors (Lipinski definition) is 3. The van der Waals surface area contributed by atoms with E-state index in [-0.39, 0.29) is 6.73 Å². The summed E-state index contributed by atoms with van der Waals surface area (Å²) in [6, 6.07) is 0.867. The fraction of sp³-hybridized carbons (Fsp3) is 0.636. The minimum atomic E-state index is -4.79. The topological polar surface area (TPSA) is 64.3 Å². The van der Waals surface area contributed by atoms with E-state index in [9.17, 15) is 18.0 Å². The van der Waals surface area contributed by atoms with Gasteiger partial charge in [-0.15, -0.1) is 0 Å². The van der Waals surface area contributed by atoms with Gasteiger partial charge in [0.2, 0.25) is 0 Å². The number of carbonyl (C=O) groups is 1. The van der Waals surface area contributed by atoms with Crippen molar-refractivity contribution in [3.05, 3.63) is 17.5 Å². The average molecular weight is 310 g/mol.